The van der Waals surface area contributed by atoms with Crippen LogP contribution in [0.2, 0.25) is 0 Å². The van der Waals surface area contributed by atoms with E-state index >= 15 is 0 Å². The number of phenolic OH excluding ortho intramolecular Hbond substituents is 1. The average Bonchev–Trinajstić information content (AvgIpc) is 2.93. The molecular formula is C19H18N4O5. The molecule has 0 spiro atoms. The van der Waals surface area contributed by atoms with Crippen LogP contribution in [0.3, 0.4) is 0 Å². The first-order chi connectivity index (χ1) is 13.4. The van der Waals surface area contributed by atoms with E-state index in [0.717, 1.165) is 0 Å². The van der Waals surface area contributed by atoms with E-state index in [0.29, 0.717) is 22.4 Å². The molecule has 1 heterocycles. The summed E-state index contributed by atoms with van der Waals surface area (Å²) in [6.45, 7) is -0.142. The van der Waals surface area contributed by atoms with Gasteiger partial charge in [-0.25, -0.2) is 0 Å². The van der Waals surface area contributed by atoms with E-state index in [-0.39, 0.29) is 35.2 Å². The highest BCUT2D eigenvalue weighted by Gasteiger charge is 2.18. The van der Waals surface area contributed by atoms with Crippen molar-refractivity contribution >= 4 is 22.6 Å². The Balaban J connectivity index is 2.06. The van der Waals surface area contributed by atoms with E-state index in [1.165, 1.54) is 30.9 Å². The maximum absolute atomic E-state index is 11.3. The molecule has 1 aromatic heterocycles. The van der Waals surface area contributed by atoms with Gasteiger partial charge < -0.3 is 35.4 Å². The number of benzene rings is 2. The number of hydrogen-bond donors (Lipinski definition) is 3. The molecule has 0 radical (unpaired) electrons. The number of primary amides is 1. The molecule has 9 nitrogen and oxygen atoms in total. The molecule has 0 aliphatic heterocycles. The molecule has 0 unspecified atom stereocenters. The molecule has 2 aromatic carbocycles. The molecular weight excluding hydrogens is 364 g/mol. The highest BCUT2D eigenvalue weighted by molar-refractivity contribution is 5.94. The van der Waals surface area contributed by atoms with Crippen molar-refractivity contribution in [2.45, 2.75) is 6.54 Å². The number of hydrogen-bond acceptors (Lipinski definition) is 7. The average molecular weight is 382 g/mol. The van der Waals surface area contributed by atoms with Crippen molar-refractivity contribution in [3.05, 3.63) is 35.9 Å². The first kappa shape index (κ1) is 18.7. The fourth-order valence-electron chi connectivity index (χ4n) is 2.93. The van der Waals surface area contributed by atoms with Gasteiger partial charge in [-0.2, -0.15) is 5.26 Å². The Morgan fingerprint density at radius 2 is 1.82 bits per heavy atom. The first-order valence-corrected chi connectivity index (χ1v) is 8.12. The second-order valence-electron chi connectivity index (χ2n) is 5.88. The smallest absolute Gasteiger partial charge is 0.237 e. The Labute approximate surface area is 160 Å². The van der Waals surface area contributed by atoms with Crippen LogP contribution in [-0.2, 0) is 11.3 Å². The Kier molecular flexibility index (Phi) is 4.87. The second-order valence-corrected chi connectivity index (χ2v) is 5.88. The van der Waals surface area contributed by atoms with Gasteiger partial charge in [0.15, 0.2) is 11.5 Å². The van der Waals surface area contributed by atoms with Crippen LogP contribution in [0.1, 0.15) is 5.56 Å². The maximum atomic E-state index is 11.3. The van der Waals surface area contributed by atoms with Crippen molar-refractivity contribution in [2.75, 3.05) is 20.0 Å². The number of rotatable bonds is 6. The van der Waals surface area contributed by atoms with Gasteiger partial charge in [-0.3, -0.25) is 4.79 Å². The standard InChI is InChI=1S/C19H18N4O5/c1-26-15-6-11(7-16(27-2)18(15)25)28-10-3-4-14-12(5-10)13(8-20)19(22)23(14)9-17(21)24/h3-7,25H,9,22H2,1-2H3,(H2,21,24). The number of carbonyl (C=O) groups is 1. The molecule has 0 saturated carbocycles. The van der Waals surface area contributed by atoms with Gasteiger partial charge in [0.2, 0.25) is 11.7 Å². The minimum absolute atomic E-state index is 0.142. The van der Waals surface area contributed by atoms with E-state index in [9.17, 15) is 15.2 Å². The summed E-state index contributed by atoms with van der Waals surface area (Å²) in [6, 6.07) is 10.0. The van der Waals surface area contributed by atoms with Crippen LogP contribution in [0.15, 0.2) is 30.3 Å². The van der Waals surface area contributed by atoms with Gasteiger partial charge in [0.1, 0.15) is 35.5 Å². The van der Waals surface area contributed by atoms with Crippen molar-refractivity contribution < 1.29 is 24.1 Å². The summed E-state index contributed by atoms with van der Waals surface area (Å²) < 4.78 is 17.5. The highest BCUT2D eigenvalue weighted by Crippen LogP contribution is 2.41. The zero-order valence-electron chi connectivity index (χ0n) is 15.2. The molecule has 0 fully saturated rings. The predicted molar refractivity (Wildman–Crippen MR) is 102 cm³/mol. The zero-order chi connectivity index (χ0) is 20.4. The van der Waals surface area contributed by atoms with Gasteiger partial charge >= 0.3 is 0 Å². The molecule has 0 aliphatic rings. The van der Waals surface area contributed by atoms with Crippen LogP contribution >= 0.6 is 0 Å². The van der Waals surface area contributed by atoms with Crippen LogP contribution in [0.25, 0.3) is 10.9 Å². The SMILES string of the molecule is COc1cc(Oc2ccc3c(c2)c(C#N)c(N)n3CC(N)=O)cc(OC)c1O. The van der Waals surface area contributed by atoms with E-state index < -0.39 is 5.91 Å². The number of aromatic nitrogens is 1. The molecule has 3 rings (SSSR count). The van der Waals surface area contributed by atoms with E-state index in [2.05, 4.69) is 0 Å². The number of methoxy groups -OCH3 is 2. The quantitative estimate of drug-likeness (QED) is 0.591. The van der Waals surface area contributed by atoms with Crippen molar-refractivity contribution in [3.8, 4) is 34.8 Å². The van der Waals surface area contributed by atoms with Crippen LogP contribution in [0.5, 0.6) is 28.7 Å². The second kappa shape index (κ2) is 7.28. The van der Waals surface area contributed by atoms with Crippen molar-refractivity contribution in [1.82, 2.24) is 4.57 Å². The van der Waals surface area contributed by atoms with Crippen molar-refractivity contribution in [1.29, 1.82) is 5.26 Å². The lowest BCUT2D eigenvalue weighted by Crippen LogP contribution is -2.19. The summed E-state index contributed by atoms with van der Waals surface area (Å²) >= 11 is 0. The number of nitriles is 1. The largest absolute Gasteiger partial charge is 0.502 e. The minimum atomic E-state index is -0.573. The topological polar surface area (TPSA) is 146 Å². The van der Waals surface area contributed by atoms with Crippen LogP contribution in [0.4, 0.5) is 5.82 Å². The van der Waals surface area contributed by atoms with E-state index in [4.69, 9.17) is 25.7 Å². The molecule has 0 saturated heterocycles. The number of nitrogens with zero attached hydrogens (tertiary/aromatic N) is 2. The zero-order valence-corrected chi connectivity index (χ0v) is 15.2. The van der Waals surface area contributed by atoms with E-state index in [1.54, 1.807) is 18.2 Å². The fourth-order valence-corrected chi connectivity index (χ4v) is 2.93. The summed E-state index contributed by atoms with van der Waals surface area (Å²) in [5.74, 6) is 0.577. The van der Waals surface area contributed by atoms with Gasteiger partial charge in [-0.1, -0.05) is 0 Å². The van der Waals surface area contributed by atoms with Crippen molar-refractivity contribution in [2.24, 2.45) is 5.73 Å². The molecule has 9 heteroatoms. The highest BCUT2D eigenvalue weighted by atomic mass is 16.5. The summed E-state index contributed by atoms with van der Waals surface area (Å²) in [7, 11) is 2.82. The number of anilines is 1. The number of fused-ring (bicyclic) bond motifs is 1. The van der Waals surface area contributed by atoms with Crippen LogP contribution in [0, 0.1) is 11.3 Å². The number of nitrogen functional groups attached to an aromatic ring is 1. The summed E-state index contributed by atoms with van der Waals surface area (Å²) in [5, 5.41) is 20.0. The van der Waals surface area contributed by atoms with E-state index in [1.807, 2.05) is 6.07 Å². The molecule has 0 bridgehead atoms. The van der Waals surface area contributed by atoms with Gasteiger partial charge in [0, 0.05) is 17.5 Å². The van der Waals surface area contributed by atoms with Gasteiger partial charge in [-0.15, -0.1) is 0 Å². The third-order valence-corrected chi connectivity index (χ3v) is 4.19. The van der Waals surface area contributed by atoms with Crippen LogP contribution in [-0.4, -0.2) is 29.8 Å². The molecule has 0 atom stereocenters. The normalized spacial score (nSPS) is 10.5. The molecule has 5 N–H and O–H groups in total. The minimum Gasteiger partial charge on any atom is -0.502 e. The number of ether oxygens (including phenoxy) is 3. The maximum Gasteiger partial charge on any atom is 0.237 e. The van der Waals surface area contributed by atoms with Gasteiger partial charge in [0.25, 0.3) is 0 Å². The number of phenols is 1. The van der Waals surface area contributed by atoms with Crippen molar-refractivity contribution in [3.63, 3.8) is 0 Å². The third kappa shape index (κ3) is 3.19. The third-order valence-electron chi connectivity index (χ3n) is 4.19. The fraction of sp³-hybridized carbons (Fsp3) is 0.158. The summed E-state index contributed by atoms with van der Waals surface area (Å²) in [4.78, 5) is 11.3. The molecule has 144 valence electrons. The molecule has 3 aromatic rings. The summed E-state index contributed by atoms with van der Waals surface area (Å²) in [5.41, 5.74) is 12.1. The lowest BCUT2D eigenvalue weighted by molar-refractivity contribution is -0.118. The number of nitrogens with two attached hydrogens (primary N) is 2. The Morgan fingerprint density at radius 1 is 1.18 bits per heavy atom. The van der Waals surface area contributed by atoms with Gasteiger partial charge in [-0.05, 0) is 18.2 Å². The Hall–Kier alpha value is -4.06. The Morgan fingerprint density at radius 3 is 2.36 bits per heavy atom. The number of carbonyl (C=O) groups excluding carboxylic acids is 1. The first-order valence-electron chi connectivity index (χ1n) is 8.12. The predicted octanol–water partition coefficient (Wildman–Crippen LogP) is 2.10. The monoisotopic (exact) mass is 382 g/mol. The number of amides is 1. The Bertz CT molecular complexity index is 1090. The number of aromatic hydroxyl groups is 1. The van der Waals surface area contributed by atoms with Gasteiger partial charge in [0.05, 0.1) is 19.7 Å². The lowest BCUT2D eigenvalue weighted by atomic mass is 10.1. The molecule has 28 heavy (non-hydrogen) atoms. The lowest BCUT2D eigenvalue weighted by Gasteiger charge is -2.12. The molecule has 0 aliphatic carbocycles. The molecule has 1 amide bonds. The summed E-state index contributed by atoms with van der Waals surface area (Å²) in [6.07, 6.45) is 0. The van der Waals surface area contributed by atoms with Crippen LogP contribution < -0.4 is 25.7 Å².